The van der Waals surface area contributed by atoms with Gasteiger partial charge in [-0.25, -0.2) is 9.98 Å². The molecule has 7 nitrogen and oxygen atoms in total. The van der Waals surface area contributed by atoms with Crippen molar-refractivity contribution in [2.24, 2.45) is 10.7 Å². The molecule has 0 amide bonds. The molecule has 2 aromatic rings. The Labute approximate surface area is 170 Å². The molecule has 0 spiro atoms. The largest absolute Gasteiger partial charge is 0.490 e. The van der Waals surface area contributed by atoms with Crippen molar-refractivity contribution in [1.29, 1.82) is 0 Å². The molecule has 0 fully saturated rings. The molecule has 0 saturated heterocycles. The molecule has 1 aliphatic rings. The first-order valence-corrected chi connectivity index (χ1v) is 8.57. The van der Waals surface area contributed by atoms with Crippen LogP contribution in [0.25, 0.3) is 0 Å². The monoisotopic (exact) mass is 472 g/mol. The topological polar surface area (TPSA) is 94.9 Å². The number of hydrogen-bond donors (Lipinski definition) is 2. The third-order valence-electron chi connectivity index (χ3n) is 3.81. The van der Waals surface area contributed by atoms with E-state index in [2.05, 4.69) is 22.2 Å². The highest BCUT2D eigenvalue weighted by atomic mass is 127. The van der Waals surface area contributed by atoms with Gasteiger partial charge in [0.25, 0.3) is 0 Å². The smallest absolute Gasteiger partial charge is 0.194 e. The van der Waals surface area contributed by atoms with Gasteiger partial charge in [-0.15, -0.1) is 24.0 Å². The predicted octanol–water partition coefficient (Wildman–Crippen LogP) is 3.64. The lowest BCUT2D eigenvalue weighted by Crippen LogP contribution is -2.22. The highest BCUT2D eigenvalue weighted by molar-refractivity contribution is 14.0. The van der Waals surface area contributed by atoms with Crippen LogP contribution >= 0.6 is 24.0 Å². The van der Waals surface area contributed by atoms with Crippen LogP contribution in [0.3, 0.4) is 0 Å². The number of ether oxygens (including phenoxy) is 2. The Kier molecular flexibility index (Phi) is 7.55. The summed E-state index contributed by atoms with van der Waals surface area (Å²) < 4.78 is 17.0. The zero-order valence-electron chi connectivity index (χ0n) is 15.1. The maximum Gasteiger partial charge on any atom is 0.194 e. The lowest BCUT2D eigenvalue weighted by molar-refractivity contribution is 0.297. The number of rotatable bonds is 5. The van der Waals surface area contributed by atoms with Crippen molar-refractivity contribution in [2.75, 3.05) is 18.5 Å². The second-order valence-corrected chi connectivity index (χ2v) is 5.90. The summed E-state index contributed by atoms with van der Waals surface area (Å²) in [5, 5.41) is 3.06. The minimum Gasteiger partial charge on any atom is -0.490 e. The Morgan fingerprint density at radius 2 is 2.04 bits per heavy atom. The number of hydrogen-bond acceptors (Lipinski definition) is 5. The molecule has 0 saturated carbocycles. The van der Waals surface area contributed by atoms with Gasteiger partial charge in [0.1, 0.15) is 12.3 Å². The van der Waals surface area contributed by atoms with Crippen LogP contribution < -0.4 is 20.5 Å². The average molecular weight is 472 g/mol. The number of benzene rings is 1. The molecule has 0 aliphatic carbocycles. The minimum absolute atomic E-state index is 0. The van der Waals surface area contributed by atoms with Crippen LogP contribution in [0.5, 0.6) is 11.5 Å². The molecule has 0 radical (unpaired) electrons. The number of aromatic nitrogens is 1. The molecule has 3 rings (SSSR count). The van der Waals surface area contributed by atoms with Crippen molar-refractivity contribution < 1.29 is 13.9 Å². The molecular weight excluding hydrogens is 447 g/mol. The van der Waals surface area contributed by atoms with Crippen LogP contribution in [-0.4, -0.2) is 24.2 Å². The van der Waals surface area contributed by atoms with Crippen LogP contribution in [0.15, 0.2) is 27.6 Å². The second kappa shape index (κ2) is 9.65. The second-order valence-electron chi connectivity index (χ2n) is 5.90. The van der Waals surface area contributed by atoms with Gasteiger partial charge in [-0.1, -0.05) is 6.92 Å². The van der Waals surface area contributed by atoms with Crippen molar-refractivity contribution in [2.45, 2.75) is 39.7 Å². The molecule has 1 aromatic heterocycles. The van der Waals surface area contributed by atoms with Gasteiger partial charge in [0.15, 0.2) is 23.3 Å². The van der Waals surface area contributed by atoms with Crippen LogP contribution in [0.4, 0.5) is 5.69 Å². The number of nitrogens with zero attached hydrogens (tertiary/aromatic N) is 2. The van der Waals surface area contributed by atoms with Crippen molar-refractivity contribution in [3.8, 4) is 11.5 Å². The SMILES string of the molecule is CCCc1nc(C)c(CN=C(N)Nc2ccc3c(c2)OCCCO3)o1.I. The third kappa shape index (κ3) is 5.26. The summed E-state index contributed by atoms with van der Waals surface area (Å²) in [5.41, 5.74) is 7.64. The van der Waals surface area contributed by atoms with E-state index in [1.807, 2.05) is 25.1 Å². The molecule has 26 heavy (non-hydrogen) atoms. The predicted molar refractivity (Wildman–Crippen MR) is 112 cm³/mol. The summed E-state index contributed by atoms with van der Waals surface area (Å²) in [6.07, 6.45) is 2.70. The van der Waals surface area contributed by atoms with Crippen molar-refractivity contribution in [3.05, 3.63) is 35.5 Å². The molecule has 142 valence electrons. The fourth-order valence-electron chi connectivity index (χ4n) is 2.54. The van der Waals surface area contributed by atoms with E-state index in [-0.39, 0.29) is 24.0 Å². The van der Waals surface area contributed by atoms with Crippen LogP contribution in [0, 0.1) is 6.92 Å². The molecule has 0 atom stereocenters. The van der Waals surface area contributed by atoms with Crippen molar-refractivity contribution in [1.82, 2.24) is 4.98 Å². The van der Waals surface area contributed by atoms with Gasteiger partial charge in [-0.05, 0) is 25.5 Å². The van der Waals surface area contributed by atoms with E-state index >= 15 is 0 Å². The maximum absolute atomic E-state index is 5.98. The summed E-state index contributed by atoms with van der Waals surface area (Å²) >= 11 is 0. The summed E-state index contributed by atoms with van der Waals surface area (Å²) in [7, 11) is 0. The first-order valence-electron chi connectivity index (χ1n) is 8.57. The standard InChI is InChI=1S/C18H24N4O3.HI/c1-3-5-17-21-12(2)16(25-17)11-20-18(19)22-13-6-7-14-15(10-13)24-9-4-8-23-14;/h6-7,10H,3-5,8-9,11H2,1-2H3,(H3,19,20,22);1H. The van der Waals surface area contributed by atoms with Crippen LogP contribution in [-0.2, 0) is 13.0 Å². The normalized spacial score (nSPS) is 13.7. The van der Waals surface area contributed by atoms with Crippen molar-refractivity contribution >= 4 is 35.6 Å². The minimum atomic E-state index is 0. The first kappa shape index (κ1) is 20.3. The van der Waals surface area contributed by atoms with E-state index in [9.17, 15) is 0 Å². The molecule has 0 bridgehead atoms. The molecule has 1 aromatic carbocycles. The summed E-state index contributed by atoms with van der Waals surface area (Å²) in [6.45, 7) is 5.67. The average Bonchev–Trinajstić information content (AvgIpc) is 2.80. The third-order valence-corrected chi connectivity index (χ3v) is 3.81. The maximum atomic E-state index is 5.98. The van der Waals surface area contributed by atoms with Gasteiger partial charge in [-0.2, -0.15) is 0 Å². The van der Waals surface area contributed by atoms with Crippen LogP contribution in [0.1, 0.15) is 37.1 Å². The van der Waals surface area contributed by atoms with E-state index in [1.54, 1.807) is 0 Å². The molecule has 0 unspecified atom stereocenters. The molecular formula is C18H25IN4O3. The number of guanidine groups is 1. The zero-order valence-corrected chi connectivity index (χ0v) is 17.4. The van der Waals surface area contributed by atoms with E-state index in [0.29, 0.717) is 31.5 Å². The van der Waals surface area contributed by atoms with Gasteiger partial charge in [0.2, 0.25) is 0 Å². The summed E-state index contributed by atoms with van der Waals surface area (Å²) in [6, 6.07) is 5.62. The Morgan fingerprint density at radius 3 is 2.81 bits per heavy atom. The van der Waals surface area contributed by atoms with Gasteiger partial charge in [-0.3, -0.25) is 0 Å². The first-order chi connectivity index (χ1) is 12.2. The van der Waals surface area contributed by atoms with Gasteiger partial charge >= 0.3 is 0 Å². The Bertz CT molecular complexity index is 761. The number of fused-ring (bicyclic) bond motifs is 1. The van der Waals surface area contributed by atoms with Gasteiger partial charge in [0.05, 0.1) is 18.9 Å². The number of nitrogens with one attached hydrogen (secondary N) is 1. The Morgan fingerprint density at radius 1 is 1.27 bits per heavy atom. The molecule has 3 N–H and O–H groups in total. The van der Waals surface area contributed by atoms with E-state index in [0.717, 1.165) is 48.0 Å². The summed E-state index contributed by atoms with van der Waals surface area (Å²) in [5.74, 6) is 3.26. The molecule has 1 aliphatic heterocycles. The van der Waals surface area contributed by atoms with Crippen molar-refractivity contribution in [3.63, 3.8) is 0 Å². The molecule has 8 heteroatoms. The number of aliphatic imine (C=N–C) groups is 1. The van der Waals surface area contributed by atoms with E-state index in [4.69, 9.17) is 19.6 Å². The quantitative estimate of drug-likeness (QED) is 0.392. The van der Waals surface area contributed by atoms with Gasteiger partial charge < -0.3 is 24.9 Å². The van der Waals surface area contributed by atoms with Gasteiger partial charge in [0, 0.05) is 24.6 Å². The lowest BCUT2D eigenvalue weighted by atomic mass is 10.3. The number of nitrogens with two attached hydrogens (primary N) is 1. The number of halogens is 1. The zero-order chi connectivity index (χ0) is 17.6. The highest BCUT2D eigenvalue weighted by Crippen LogP contribution is 2.32. The van der Waals surface area contributed by atoms with Crippen LogP contribution in [0.2, 0.25) is 0 Å². The Hall–Kier alpha value is -1.97. The molecule has 2 heterocycles. The highest BCUT2D eigenvalue weighted by Gasteiger charge is 2.11. The van der Waals surface area contributed by atoms with E-state index in [1.165, 1.54) is 0 Å². The summed E-state index contributed by atoms with van der Waals surface area (Å²) in [4.78, 5) is 8.72. The number of oxazole rings is 1. The number of aryl methyl sites for hydroxylation is 2. The van der Waals surface area contributed by atoms with E-state index < -0.39 is 0 Å². The fraction of sp³-hybridized carbons (Fsp3) is 0.444. The fourth-order valence-corrected chi connectivity index (χ4v) is 2.54. The Balaban J connectivity index is 0.00000243. The number of anilines is 1. The lowest BCUT2D eigenvalue weighted by Gasteiger charge is -2.10.